The van der Waals surface area contributed by atoms with Crippen molar-refractivity contribution < 1.29 is 0 Å². The van der Waals surface area contributed by atoms with E-state index in [0.717, 1.165) is 66.6 Å². The van der Waals surface area contributed by atoms with Crippen molar-refractivity contribution in [2.75, 3.05) is 0 Å². The Bertz CT molecular complexity index is 3470. The second-order valence-electron chi connectivity index (χ2n) is 15.8. The first kappa shape index (κ1) is 35.6. The van der Waals surface area contributed by atoms with Gasteiger partial charge in [-0.3, -0.25) is 0 Å². The van der Waals surface area contributed by atoms with Crippen LogP contribution in [0.4, 0.5) is 0 Å². The number of aromatic nitrogens is 2. The molecular weight excluding hydrogens is 755 g/mol. The maximum absolute atomic E-state index is 5.41. The van der Waals surface area contributed by atoms with E-state index in [1.165, 1.54) is 33.0 Å². The summed E-state index contributed by atoms with van der Waals surface area (Å²) >= 11 is 0. The zero-order chi connectivity index (χ0) is 41.0. The second-order valence-corrected chi connectivity index (χ2v) is 15.8. The smallest absolute Gasteiger partial charge is 0.204 e. The molecule has 1 aliphatic rings. The molecule has 5 heteroatoms. The van der Waals surface area contributed by atoms with Crippen molar-refractivity contribution in [1.82, 2.24) is 14.5 Å². The number of aliphatic imine (C=N–C) groups is 2. The maximum atomic E-state index is 5.41. The van der Waals surface area contributed by atoms with Crippen LogP contribution < -0.4 is 5.32 Å². The monoisotopic (exact) mass is 793 g/mol. The molecule has 11 aromatic rings. The normalized spacial score (nSPS) is 14.0. The van der Waals surface area contributed by atoms with Crippen LogP contribution in [0.15, 0.2) is 234 Å². The number of para-hydroxylation sites is 3. The third kappa shape index (κ3) is 5.94. The molecule has 12 rings (SSSR count). The molecular formula is C57H39N5. The summed E-state index contributed by atoms with van der Waals surface area (Å²) in [5.74, 6) is 1.46. The molecule has 1 N–H and O–H groups in total. The van der Waals surface area contributed by atoms with Gasteiger partial charge in [-0.15, -0.1) is 0 Å². The summed E-state index contributed by atoms with van der Waals surface area (Å²) in [6, 6.07) is 80.0. The van der Waals surface area contributed by atoms with E-state index in [1.807, 2.05) is 18.2 Å². The largest absolute Gasteiger partial charge is 0.331 e. The maximum Gasteiger partial charge on any atom is 0.204 e. The van der Waals surface area contributed by atoms with Crippen molar-refractivity contribution in [3.05, 3.63) is 236 Å². The van der Waals surface area contributed by atoms with Gasteiger partial charge >= 0.3 is 0 Å². The second kappa shape index (κ2) is 14.8. The minimum absolute atomic E-state index is 0.491. The van der Waals surface area contributed by atoms with E-state index >= 15 is 0 Å². The number of fused-ring (bicyclic) bond motifs is 6. The van der Waals surface area contributed by atoms with Crippen molar-refractivity contribution in [1.29, 1.82) is 0 Å². The molecule has 0 bridgehead atoms. The lowest BCUT2D eigenvalue weighted by atomic mass is 9.95. The summed E-state index contributed by atoms with van der Waals surface area (Å²) in [7, 11) is 0. The van der Waals surface area contributed by atoms with Crippen LogP contribution in [-0.4, -0.2) is 20.8 Å². The average Bonchev–Trinajstić information content (AvgIpc) is 3.85. The zero-order valence-corrected chi connectivity index (χ0v) is 33.7. The summed E-state index contributed by atoms with van der Waals surface area (Å²) in [4.78, 5) is 10.6. The third-order valence-corrected chi connectivity index (χ3v) is 12.2. The van der Waals surface area contributed by atoms with E-state index in [1.54, 1.807) is 0 Å². The predicted octanol–water partition coefficient (Wildman–Crippen LogP) is 13.8. The van der Waals surface area contributed by atoms with Gasteiger partial charge in [0.15, 0.2) is 5.84 Å². The first-order valence-corrected chi connectivity index (χ1v) is 21.1. The molecule has 5 nitrogen and oxygen atoms in total. The Hall–Kier alpha value is -8.28. The SMILES string of the molecule is c1ccc(C2=NC(n3c4ccccc4c4cc5c(cc43)c3ccccc3n5-c3c(-c4ccccc4)cccc3-c3ccccc3)NC(c3cccc(-c4ccccc4)c3)=N2)cc1. The lowest BCUT2D eigenvalue weighted by Crippen LogP contribution is -2.36. The number of rotatable bonds is 7. The predicted molar refractivity (Wildman–Crippen MR) is 258 cm³/mol. The fraction of sp³-hybridized carbons (Fsp3) is 0.0175. The van der Waals surface area contributed by atoms with E-state index in [2.05, 4.69) is 221 Å². The zero-order valence-electron chi connectivity index (χ0n) is 33.7. The van der Waals surface area contributed by atoms with Gasteiger partial charge in [0.2, 0.25) is 6.29 Å². The van der Waals surface area contributed by atoms with Crippen molar-refractivity contribution >= 4 is 55.3 Å². The van der Waals surface area contributed by atoms with Crippen LogP contribution >= 0.6 is 0 Å². The summed E-state index contributed by atoms with van der Waals surface area (Å²) in [5.41, 5.74) is 14.6. The van der Waals surface area contributed by atoms with Gasteiger partial charge in [0.25, 0.3) is 0 Å². The number of hydrogen-bond donors (Lipinski definition) is 1. The third-order valence-electron chi connectivity index (χ3n) is 12.2. The van der Waals surface area contributed by atoms with Crippen molar-refractivity contribution in [2.45, 2.75) is 6.29 Å². The molecule has 9 aromatic carbocycles. The van der Waals surface area contributed by atoms with Crippen LogP contribution in [0.2, 0.25) is 0 Å². The molecule has 292 valence electrons. The first-order chi connectivity index (χ1) is 30.8. The topological polar surface area (TPSA) is 46.6 Å². The Morgan fingerprint density at radius 2 is 0.839 bits per heavy atom. The summed E-state index contributed by atoms with van der Waals surface area (Å²) in [6.07, 6.45) is -0.491. The van der Waals surface area contributed by atoms with E-state index in [9.17, 15) is 0 Å². The van der Waals surface area contributed by atoms with Gasteiger partial charge in [0.1, 0.15) is 5.84 Å². The lowest BCUT2D eigenvalue weighted by Gasteiger charge is -2.26. The number of hydrogen-bond acceptors (Lipinski definition) is 3. The number of benzene rings is 9. The van der Waals surface area contributed by atoms with Gasteiger partial charge in [0, 0.05) is 43.8 Å². The molecule has 1 unspecified atom stereocenters. The van der Waals surface area contributed by atoms with E-state index in [0.29, 0.717) is 5.84 Å². The highest BCUT2D eigenvalue weighted by molar-refractivity contribution is 6.19. The molecule has 0 aliphatic carbocycles. The quantitative estimate of drug-likeness (QED) is 0.172. The van der Waals surface area contributed by atoms with Gasteiger partial charge in [0.05, 0.1) is 27.8 Å². The summed E-state index contributed by atoms with van der Waals surface area (Å²) in [5, 5.41) is 8.50. The summed E-state index contributed by atoms with van der Waals surface area (Å²) < 4.78 is 4.86. The average molecular weight is 794 g/mol. The number of nitrogens with zero attached hydrogens (tertiary/aromatic N) is 4. The highest BCUT2D eigenvalue weighted by Gasteiger charge is 2.27. The van der Waals surface area contributed by atoms with E-state index in [4.69, 9.17) is 9.98 Å². The lowest BCUT2D eigenvalue weighted by molar-refractivity contribution is 0.516. The minimum Gasteiger partial charge on any atom is -0.331 e. The molecule has 3 heterocycles. The molecule has 0 amide bonds. The highest BCUT2D eigenvalue weighted by Crippen LogP contribution is 2.44. The molecule has 1 atom stereocenters. The molecule has 0 saturated carbocycles. The molecule has 0 fully saturated rings. The Morgan fingerprint density at radius 1 is 0.355 bits per heavy atom. The summed E-state index contributed by atoms with van der Waals surface area (Å²) in [6.45, 7) is 0. The van der Waals surface area contributed by atoms with E-state index < -0.39 is 6.29 Å². The van der Waals surface area contributed by atoms with Gasteiger partial charge in [-0.1, -0.05) is 194 Å². The van der Waals surface area contributed by atoms with Crippen molar-refractivity contribution in [3.63, 3.8) is 0 Å². The first-order valence-electron chi connectivity index (χ1n) is 21.1. The molecule has 0 saturated heterocycles. The van der Waals surface area contributed by atoms with E-state index in [-0.39, 0.29) is 0 Å². The Balaban J connectivity index is 1.11. The van der Waals surface area contributed by atoms with Crippen LogP contribution in [0, 0.1) is 0 Å². The van der Waals surface area contributed by atoms with Crippen LogP contribution in [0.5, 0.6) is 0 Å². The Morgan fingerprint density at radius 3 is 1.50 bits per heavy atom. The molecule has 2 aromatic heterocycles. The standard InChI is InChI=1S/C57H39N5/c1-5-19-38(20-6-1)42-27-17-28-43(35-42)56-58-55(41-25-11-4-12-26-41)59-57(60-56)62-51-34-16-14-30-47(51)49-36-52-48(37-53(49)62)46-29-13-15-33-50(46)61(52)54-44(39-21-7-2-8-22-39)31-18-32-45(54)40-23-9-3-10-24-40/h1-37,57H,(H,58,59,60). The van der Waals surface area contributed by atoms with Crippen molar-refractivity contribution in [3.8, 4) is 39.1 Å². The highest BCUT2D eigenvalue weighted by atomic mass is 15.3. The number of amidine groups is 2. The van der Waals surface area contributed by atoms with Crippen LogP contribution in [-0.2, 0) is 0 Å². The van der Waals surface area contributed by atoms with Crippen LogP contribution in [0.1, 0.15) is 17.4 Å². The minimum atomic E-state index is -0.491. The van der Waals surface area contributed by atoms with Gasteiger partial charge < -0.3 is 14.5 Å². The number of nitrogens with one attached hydrogen (secondary N) is 1. The van der Waals surface area contributed by atoms with Gasteiger partial charge in [-0.2, -0.15) is 0 Å². The molecule has 1 aliphatic heterocycles. The van der Waals surface area contributed by atoms with Gasteiger partial charge in [-0.25, -0.2) is 9.98 Å². The van der Waals surface area contributed by atoms with Crippen LogP contribution in [0.25, 0.3) is 82.7 Å². The molecule has 0 spiro atoms. The Kier molecular flexibility index (Phi) is 8.49. The molecule has 0 radical (unpaired) electrons. The van der Waals surface area contributed by atoms with Crippen LogP contribution in [0.3, 0.4) is 0 Å². The van der Waals surface area contributed by atoms with Gasteiger partial charge in [-0.05, 0) is 52.6 Å². The fourth-order valence-electron chi connectivity index (χ4n) is 9.36. The molecule has 62 heavy (non-hydrogen) atoms. The fourth-order valence-corrected chi connectivity index (χ4v) is 9.36. The van der Waals surface area contributed by atoms with Crippen molar-refractivity contribution in [2.24, 2.45) is 9.98 Å². The Labute approximate surface area is 359 Å².